The first kappa shape index (κ1) is 21.4. The maximum absolute atomic E-state index is 12.1. The van der Waals surface area contributed by atoms with E-state index in [0.717, 1.165) is 21.9 Å². The van der Waals surface area contributed by atoms with Crippen LogP contribution in [0.3, 0.4) is 0 Å². The third kappa shape index (κ3) is 4.92. The molecule has 0 aliphatic carbocycles. The summed E-state index contributed by atoms with van der Waals surface area (Å²) < 4.78 is 2.11. The highest BCUT2D eigenvalue weighted by atomic mass is 35.5. The Morgan fingerprint density at radius 3 is 2.80 bits per heavy atom. The van der Waals surface area contributed by atoms with E-state index >= 15 is 0 Å². The number of halogens is 2. The number of aromatic nitrogens is 3. The fourth-order valence-corrected chi connectivity index (χ4v) is 3.30. The first-order valence-corrected chi connectivity index (χ1v) is 8.41. The average Bonchev–Trinajstić information content (AvgIpc) is 3.13. The Kier molecular flexibility index (Phi) is 8.31. The van der Waals surface area contributed by atoms with Crippen LogP contribution in [0, 0.1) is 6.92 Å². The number of aryl methyl sites for hydroxylation is 1. The summed E-state index contributed by atoms with van der Waals surface area (Å²) in [4.78, 5) is 20.9. The van der Waals surface area contributed by atoms with Crippen LogP contribution < -0.4 is 11.1 Å². The molecule has 0 bridgehead atoms. The number of carbonyl (C=O) groups excluding carboxylic acids is 1. The maximum Gasteiger partial charge on any atom is 0.270 e. The summed E-state index contributed by atoms with van der Waals surface area (Å²) >= 11 is 1.47. The lowest BCUT2D eigenvalue weighted by Gasteiger charge is -2.07. The lowest BCUT2D eigenvalue weighted by atomic mass is 10.3. The molecule has 2 heterocycles. The fraction of sp³-hybridized carbons (Fsp3) is 0.312. The standard InChI is InChI=1S/C16H19N5OS.2ClH/c1-11-19-12-4-2-3-5-14(12)21(11)9-8-18-16(22)13-10-23-15(20-13)6-7-17;;/h2-5,10H,6-9,17H2,1H3,(H,18,22);2*1H. The van der Waals surface area contributed by atoms with Gasteiger partial charge in [0.2, 0.25) is 0 Å². The minimum absolute atomic E-state index is 0. The number of para-hydroxylation sites is 2. The van der Waals surface area contributed by atoms with Crippen molar-refractivity contribution < 1.29 is 4.79 Å². The number of benzene rings is 1. The van der Waals surface area contributed by atoms with Crippen LogP contribution in [-0.4, -0.2) is 33.5 Å². The molecule has 0 saturated heterocycles. The van der Waals surface area contributed by atoms with E-state index in [-0.39, 0.29) is 30.7 Å². The van der Waals surface area contributed by atoms with Gasteiger partial charge in [-0.25, -0.2) is 9.97 Å². The van der Waals surface area contributed by atoms with E-state index in [0.29, 0.717) is 31.7 Å². The van der Waals surface area contributed by atoms with E-state index < -0.39 is 0 Å². The molecule has 0 aliphatic rings. The summed E-state index contributed by atoms with van der Waals surface area (Å²) in [5.74, 6) is 0.797. The number of hydrogen-bond donors (Lipinski definition) is 2. The minimum Gasteiger partial charge on any atom is -0.349 e. The van der Waals surface area contributed by atoms with Crippen LogP contribution in [-0.2, 0) is 13.0 Å². The predicted octanol–water partition coefficient (Wildman–Crippen LogP) is 2.58. The van der Waals surface area contributed by atoms with E-state index in [2.05, 4.69) is 19.9 Å². The molecule has 3 N–H and O–H groups in total. The molecule has 2 aromatic heterocycles. The summed E-state index contributed by atoms with van der Waals surface area (Å²) in [6, 6.07) is 8.00. The number of imidazole rings is 1. The van der Waals surface area contributed by atoms with Crippen molar-refractivity contribution in [2.75, 3.05) is 13.1 Å². The van der Waals surface area contributed by atoms with E-state index in [1.807, 2.05) is 31.2 Å². The number of carbonyl (C=O) groups is 1. The molecule has 0 radical (unpaired) electrons. The zero-order valence-corrected chi connectivity index (χ0v) is 16.2. The lowest BCUT2D eigenvalue weighted by molar-refractivity contribution is 0.0948. The molecule has 0 fully saturated rings. The van der Waals surface area contributed by atoms with Gasteiger partial charge in [0.05, 0.1) is 16.0 Å². The largest absolute Gasteiger partial charge is 0.349 e. The quantitative estimate of drug-likeness (QED) is 0.664. The smallest absolute Gasteiger partial charge is 0.270 e. The average molecular weight is 402 g/mol. The van der Waals surface area contributed by atoms with Gasteiger partial charge in [-0.15, -0.1) is 36.2 Å². The van der Waals surface area contributed by atoms with Crippen molar-refractivity contribution in [3.63, 3.8) is 0 Å². The number of nitrogens with two attached hydrogens (primary N) is 1. The number of rotatable bonds is 6. The highest BCUT2D eigenvalue weighted by molar-refractivity contribution is 7.09. The SMILES string of the molecule is Cc1nc2ccccc2n1CCNC(=O)c1csc(CCN)n1.Cl.Cl. The van der Waals surface area contributed by atoms with Crippen molar-refractivity contribution in [1.82, 2.24) is 19.9 Å². The lowest BCUT2D eigenvalue weighted by Crippen LogP contribution is -2.27. The van der Waals surface area contributed by atoms with Gasteiger partial charge in [-0.05, 0) is 25.6 Å². The topological polar surface area (TPSA) is 85.8 Å². The van der Waals surface area contributed by atoms with E-state index in [1.54, 1.807) is 5.38 Å². The van der Waals surface area contributed by atoms with Crippen LogP contribution in [0.4, 0.5) is 0 Å². The second kappa shape index (κ2) is 9.72. The molecule has 3 aromatic rings. The number of fused-ring (bicyclic) bond motifs is 1. The maximum atomic E-state index is 12.1. The van der Waals surface area contributed by atoms with Crippen LogP contribution in [0.15, 0.2) is 29.6 Å². The normalized spacial score (nSPS) is 10.2. The zero-order valence-electron chi connectivity index (χ0n) is 13.8. The zero-order chi connectivity index (χ0) is 16.2. The molecule has 1 aromatic carbocycles. The molecular weight excluding hydrogens is 381 g/mol. The van der Waals surface area contributed by atoms with Crippen molar-refractivity contribution in [2.24, 2.45) is 5.73 Å². The van der Waals surface area contributed by atoms with Crippen LogP contribution in [0.2, 0.25) is 0 Å². The third-order valence-electron chi connectivity index (χ3n) is 3.61. The molecule has 3 rings (SSSR count). The molecule has 0 unspecified atom stereocenters. The Morgan fingerprint density at radius 1 is 1.28 bits per heavy atom. The molecule has 136 valence electrons. The van der Waals surface area contributed by atoms with Gasteiger partial charge in [0.25, 0.3) is 5.91 Å². The Hall–Kier alpha value is -1.67. The summed E-state index contributed by atoms with van der Waals surface area (Å²) in [5, 5.41) is 5.58. The first-order chi connectivity index (χ1) is 11.2. The molecule has 1 amide bonds. The monoisotopic (exact) mass is 401 g/mol. The predicted molar refractivity (Wildman–Crippen MR) is 106 cm³/mol. The van der Waals surface area contributed by atoms with Crippen LogP contribution >= 0.6 is 36.2 Å². The molecule has 0 aliphatic heterocycles. The summed E-state index contributed by atoms with van der Waals surface area (Å²) in [6.07, 6.45) is 0.707. The van der Waals surface area contributed by atoms with Crippen LogP contribution in [0.1, 0.15) is 21.3 Å². The van der Waals surface area contributed by atoms with Gasteiger partial charge in [-0.2, -0.15) is 0 Å². The molecule has 6 nitrogen and oxygen atoms in total. The number of nitrogens with zero attached hydrogens (tertiary/aromatic N) is 3. The summed E-state index contributed by atoms with van der Waals surface area (Å²) in [6.45, 7) is 3.73. The summed E-state index contributed by atoms with van der Waals surface area (Å²) in [7, 11) is 0. The molecule has 9 heteroatoms. The van der Waals surface area contributed by atoms with Crippen molar-refractivity contribution in [3.8, 4) is 0 Å². The second-order valence-corrected chi connectivity index (χ2v) is 6.16. The number of nitrogens with one attached hydrogen (secondary N) is 1. The number of amides is 1. The van der Waals surface area contributed by atoms with Gasteiger partial charge in [-0.3, -0.25) is 4.79 Å². The first-order valence-electron chi connectivity index (χ1n) is 7.53. The van der Waals surface area contributed by atoms with Crippen LogP contribution in [0.25, 0.3) is 11.0 Å². The fourth-order valence-electron chi connectivity index (χ4n) is 2.50. The van der Waals surface area contributed by atoms with Gasteiger partial charge in [0.15, 0.2) is 0 Å². The van der Waals surface area contributed by atoms with E-state index in [4.69, 9.17) is 5.73 Å². The molecule has 0 atom stereocenters. The van der Waals surface area contributed by atoms with Gasteiger partial charge in [-0.1, -0.05) is 12.1 Å². The van der Waals surface area contributed by atoms with Crippen molar-refractivity contribution in [2.45, 2.75) is 19.9 Å². The van der Waals surface area contributed by atoms with Gasteiger partial charge in [0, 0.05) is 24.9 Å². The minimum atomic E-state index is -0.147. The summed E-state index contributed by atoms with van der Waals surface area (Å²) in [5.41, 5.74) is 8.02. The molecule has 0 saturated carbocycles. The Labute approximate surface area is 162 Å². The number of hydrogen-bond acceptors (Lipinski definition) is 5. The number of thiazole rings is 1. The highest BCUT2D eigenvalue weighted by Crippen LogP contribution is 2.15. The van der Waals surface area contributed by atoms with E-state index in [1.165, 1.54) is 11.3 Å². The van der Waals surface area contributed by atoms with Gasteiger partial charge >= 0.3 is 0 Å². The van der Waals surface area contributed by atoms with Crippen molar-refractivity contribution in [3.05, 3.63) is 46.2 Å². The highest BCUT2D eigenvalue weighted by Gasteiger charge is 2.11. The third-order valence-corrected chi connectivity index (χ3v) is 4.52. The Balaban J connectivity index is 0.00000156. The van der Waals surface area contributed by atoms with Crippen molar-refractivity contribution in [1.29, 1.82) is 0 Å². The van der Waals surface area contributed by atoms with Crippen LogP contribution in [0.5, 0.6) is 0 Å². The Bertz CT molecular complexity index is 833. The Morgan fingerprint density at radius 2 is 2.04 bits per heavy atom. The molecule has 0 spiro atoms. The van der Waals surface area contributed by atoms with Gasteiger partial charge < -0.3 is 15.6 Å². The molecular formula is C16H21Cl2N5OS. The van der Waals surface area contributed by atoms with Gasteiger partial charge in [0.1, 0.15) is 11.5 Å². The van der Waals surface area contributed by atoms with Crippen molar-refractivity contribution >= 4 is 53.1 Å². The van der Waals surface area contributed by atoms with E-state index in [9.17, 15) is 4.79 Å². The molecule has 25 heavy (non-hydrogen) atoms. The second-order valence-electron chi connectivity index (χ2n) is 5.22.